The van der Waals surface area contributed by atoms with Gasteiger partial charge in [-0.15, -0.1) is 24.0 Å². The Morgan fingerprint density at radius 2 is 1.58 bits per heavy atom. The zero-order chi connectivity index (χ0) is 23.9. The van der Waals surface area contributed by atoms with E-state index in [-0.39, 0.29) is 35.8 Å². The quantitative estimate of drug-likeness (QED) is 0.145. The zero-order valence-electron chi connectivity index (χ0n) is 20.3. The highest BCUT2D eigenvalue weighted by atomic mass is 127. The van der Waals surface area contributed by atoms with E-state index >= 15 is 0 Å². The van der Waals surface area contributed by atoms with E-state index < -0.39 is 17.2 Å². The van der Waals surface area contributed by atoms with Crippen LogP contribution in [0, 0.1) is 0 Å². The van der Waals surface area contributed by atoms with Crippen molar-refractivity contribution in [2.75, 3.05) is 26.7 Å². The number of nitrogens with zero attached hydrogens (tertiary/aromatic N) is 2. The Morgan fingerprint density at radius 1 is 1.00 bits per heavy atom. The van der Waals surface area contributed by atoms with Crippen molar-refractivity contribution in [1.29, 1.82) is 0 Å². The van der Waals surface area contributed by atoms with Gasteiger partial charge in [0.15, 0.2) is 5.96 Å². The molecule has 1 aromatic rings. The summed E-state index contributed by atoms with van der Waals surface area (Å²) in [7, 11) is 1.67. The van der Waals surface area contributed by atoms with Crippen molar-refractivity contribution >= 4 is 47.8 Å². The lowest BCUT2D eigenvalue weighted by molar-refractivity contribution is 0.0473. The summed E-state index contributed by atoms with van der Waals surface area (Å²) in [4.78, 5) is 42.3. The number of fused-ring (bicyclic) bond motifs is 1. The molecule has 2 rings (SSSR count). The monoisotopic (exact) mass is 573 g/mol. The molecule has 0 spiro atoms. The molecular weight excluding hydrogens is 537 g/mol. The Morgan fingerprint density at radius 3 is 2.09 bits per heavy atom. The second kappa shape index (κ2) is 12.2. The minimum atomic E-state index is -0.557. The number of halogens is 1. The summed E-state index contributed by atoms with van der Waals surface area (Å²) in [6.07, 6.45) is 0.967. The van der Waals surface area contributed by atoms with Gasteiger partial charge in [0, 0.05) is 26.7 Å². The average molecular weight is 573 g/mol. The van der Waals surface area contributed by atoms with Gasteiger partial charge >= 0.3 is 6.09 Å². The largest absolute Gasteiger partial charge is 0.444 e. The molecule has 33 heavy (non-hydrogen) atoms. The van der Waals surface area contributed by atoms with Gasteiger partial charge in [-0.2, -0.15) is 0 Å². The number of carbonyl (C=O) groups is 3. The number of guanidine groups is 1. The topological polar surface area (TPSA) is 112 Å². The average Bonchev–Trinajstić information content (AvgIpc) is 2.93. The summed E-state index contributed by atoms with van der Waals surface area (Å²) < 4.78 is 5.30. The molecule has 184 valence electrons. The number of aliphatic imine (C=N–C) groups is 1. The Labute approximate surface area is 213 Å². The maximum Gasteiger partial charge on any atom is 0.408 e. The zero-order valence-corrected chi connectivity index (χ0v) is 22.6. The smallest absolute Gasteiger partial charge is 0.408 e. The molecule has 3 amide bonds. The van der Waals surface area contributed by atoms with Crippen molar-refractivity contribution in [3.05, 3.63) is 35.4 Å². The summed E-state index contributed by atoms with van der Waals surface area (Å²) in [5.41, 5.74) is -0.158. The van der Waals surface area contributed by atoms with Crippen LogP contribution >= 0.6 is 24.0 Å². The van der Waals surface area contributed by atoms with Crippen LogP contribution in [0.4, 0.5) is 4.79 Å². The van der Waals surface area contributed by atoms with Crippen LogP contribution in [0.5, 0.6) is 0 Å². The van der Waals surface area contributed by atoms with E-state index in [1.54, 1.807) is 31.3 Å². The van der Waals surface area contributed by atoms with Crippen molar-refractivity contribution < 1.29 is 19.1 Å². The first-order valence-corrected chi connectivity index (χ1v) is 10.8. The van der Waals surface area contributed by atoms with Crippen LogP contribution in [-0.4, -0.2) is 66.6 Å². The molecule has 10 heteroatoms. The summed E-state index contributed by atoms with van der Waals surface area (Å²) in [6, 6.07) is 6.90. The molecule has 3 N–H and O–H groups in total. The van der Waals surface area contributed by atoms with Crippen LogP contribution in [0.25, 0.3) is 0 Å². The van der Waals surface area contributed by atoms with Gasteiger partial charge in [0.1, 0.15) is 5.60 Å². The number of imide groups is 1. The van der Waals surface area contributed by atoms with Crippen LogP contribution in [0.1, 0.15) is 68.2 Å². The van der Waals surface area contributed by atoms with E-state index in [1.807, 2.05) is 34.6 Å². The molecular formula is C23H36IN5O4. The molecule has 1 heterocycles. The van der Waals surface area contributed by atoms with Crippen molar-refractivity contribution in [2.24, 2.45) is 4.99 Å². The van der Waals surface area contributed by atoms with Crippen molar-refractivity contribution in [3.8, 4) is 0 Å². The van der Waals surface area contributed by atoms with Crippen LogP contribution < -0.4 is 16.0 Å². The number of rotatable bonds is 8. The summed E-state index contributed by atoms with van der Waals surface area (Å²) in [6.45, 7) is 10.7. The van der Waals surface area contributed by atoms with Gasteiger partial charge in [-0.05, 0) is 59.6 Å². The predicted molar refractivity (Wildman–Crippen MR) is 139 cm³/mol. The molecule has 0 fully saturated rings. The molecule has 0 atom stereocenters. The van der Waals surface area contributed by atoms with Gasteiger partial charge in [0.2, 0.25) is 0 Å². The second-order valence-electron chi connectivity index (χ2n) is 9.38. The maximum absolute atomic E-state index is 12.4. The van der Waals surface area contributed by atoms with Crippen LogP contribution in [0.15, 0.2) is 29.3 Å². The fraction of sp³-hybridized carbons (Fsp3) is 0.565. The van der Waals surface area contributed by atoms with Gasteiger partial charge in [-0.1, -0.05) is 12.1 Å². The predicted octanol–water partition coefficient (Wildman–Crippen LogP) is 3.15. The first-order chi connectivity index (χ1) is 14.9. The number of alkyl carbamates (subject to hydrolysis) is 1. The highest BCUT2D eigenvalue weighted by molar-refractivity contribution is 14.0. The van der Waals surface area contributed by atoms with Gasteiger partial charge in [-0.3, -0.25) is 19.5 Å². The molecule has 1 aliphatic heterocycles. The van der Waals surface area contributed by atoms with E-state index in [0.29, 0.717) is 43.1 Å². The standard InChI is InChI=1S/C23H35N5O4.HI/c1-22(2,3)32-21(31)27-23(4,5)15-26-20(24-6)25-13-9-10-14-28-18(29)16-11-7-8-12-17(16)19(28)30;/h7-8,11-12H,9-10,13-15H2,1-6H3,(H,27,31)(H2,24,25,26);1H. The number of unbranched alkanes of at least 4 members (excludes halogenated alkanes) is 1. The highest BCUT2D eigenvalue weighted by Gasteiger charge is 2.34. The molecule has 0 unspecified atom stereocenters. The van der Waals surface area contributed by atoms with Gasteiger partial charge in [-0.25, -0.2) is 4.79 Å². The van der Waals surface area contributed by atoms with E-state index in [1.165, 1.54) is 4.90 Å². The van der Waals surface area contributed by atoms with Crippen LogP contribution in [0.3, 0.4) is 0 Å². The third-order valence-corrected chi connectivity index (χ3v) is 4.74. The number of amides is 3. The molecule has 1 aliphatic rings. The fourth-order valence-corrected chi connectivity index (χ4v) is 3.19. The van der Waals surface area contributed by atoms with E-state index in [9.17, 15) is 14.4 Å². The minimum Gasteiger partial charge on any atom is -0.444 e. The van der Waals surface area contributed by atoms with Crippen molar-refractivity contribution in [1.82, 2.24) is 20.9 Å². The molecule has 1 aromatic carbocycles. The van der Waals surface area contributed by atoms with Crippen LogP contribution in [0.2, 0.25) is 0 Å². The molecule has 0 aliphatic carbocycles. The Balaban J connectivity index is 0.00000544. The number of hydrogen-bond donors (Lipinski definition) is 3. The lowest BCUT2D eigenvalue weighted by Gasteiger charge is -2.29. The van der Waals surface area contributed by atoms with E-state index in [0.717, 1.165) is 6.42 Å². The van der Waals surface area contributed by atoms with E-state index in [2.05, 4.69) is 20.9 Å². The van der Waals surface area contributed by atoms with Gasteiger partial charge < -0.3 is 20.7 Å². The molecule has 9 nitrogen and oxygen atoms in total. The fourth-order valence-electron chi connectivity index (χ4n) is 3.19. The number of ether oxygens (including phenoxy) is 1. The number of benzene rings is 1. The maximum atomic E-state index is 12.4. The van der Waals surface area contributed by atoms with Gasteiger partial charge in [0.25, 0.3) is 11.8 Å². The highest BCUT2D eigenvalue weighted by Crippen LogP contribution is 2.22. The normalized spacial score (nSPS) is 13.9. The number of hydrogen-bond acceptors (Lipinski definition) is 5. The molecule has 0 aromatic heterocycles. The summed E-state index contributed by atoms with van der Waals surface area (Å²) in [5, 5.41) is 9.23. The second-order valence-corrected chi connectivity index (χ2v) is 9.38. The third kappa shape index (κ3) is 8.82. The number of nitrogens with one attached hydrogen (secondary N) is 3. The Hall–Kier alpha value is -2.37. The molecule has 0 saturated carbocycles. The third-order valence-electron chi connectivity index (χ3n) is 4.74. The lowest BCUT2D eigenvalue weighted by atomic mass is 10.1. The molecule has 0 saturated heterocycles. The summed E-state index contributed by atoms with van der Waals surface area (Å²) >= 11 is 0. The van der Waals surface area contributed by atoms with Crippen molar-refractivity contribution in [3.63, 3.8) is 0 Å². The molecule has 0 radical (unpaired) electrons. The Bertz CT molecular complexity index is 845. The number of carbonyl (C=O) groups excluding carboxylic acids is 3. The first-order valence-electron chi connectivity index (χ1n) is 10.8. The lowest BCUT2D eigenvalue weighted by Crippen LogP contribution is -2.54. The van der Waals surface area contributed by atoms with Crippen LogP contribution in [-0.2, 0) is 4.74 Å². The van der Waals surface area contributed by atoms with Crippen molar-refractivity contribution in [2.45, 2.75) is 58.6 Å². The van der Waals surface area contributed by atoms with Gasteiger partial charge in [0.05, 0.1) is 16.7 Å². The SMILES string of the molecule is CN=C(NCCCCN1C(=O)c2ccccc2C1=O)NCC(C)(C)NC(=O)OC(C)(C)C.I. The first kappa shape index (κ1) is 28.7. The Kier molecular flexibility index (Phi) is 10.6. The molecule has 0 bridgehead atoms. The van der Waals surface area contributed by atoms with E-state index in [4.69, 9.17) is 4.74 Å². The summed E-state index contributed by atoms with van der Waals surface area (Å²) in [5.74, 6) is 0.149. The minimum absolute atomic E-state index is 0.